The van der Waals surface area contributed by atoms with Crippen LogP contribution >= 0.6 is 0 Å². The molecule has 0 bridgehead atoms. The Morgan fingerprint density at radius 3 is 2.54 bits per heavy atom. The Hall–Kier alpha value is -2.29. The lowest BCUT2D eigenvalue weighted by atomic mass is 9.87. The molecule has 1 N–H and O–H groups in total. The highest BCUT2D eigenvalue weighted by atomic mass is 32.2. The van der Waals surface area contributed by atoms with Gasteiger partial charge in [0.05, 0.1) is 16.4 Å². The minimum atomic E-state index is -4.07. The summed E-state index contributed by atoms with van der Waals surface area (Å²) in [5.74, 6) is -1.08. The second-order valence-electron chi connectivity index (χ2n) is 7.24. The van der Waals surface area contributed by atoms with Crippen LogP contribution in [0.25, 0.3) is 11.0 Å². The topological polar surface area (TPSA) is 68.5 Å². The minimum Gasteiger partial charge on any atom is -0.459 e. The van der Waals surface area contributed by atoms with Crippen molar-refractivity contribution in [2.24, 2.45) is 0 Å². The van der Waals surface area contributed by atoms with E-state index in [1.807, 2.05) is 0 Å². The maximum absolute atomic E-state index is 13.5. The van der Waals surface area contributed by atoms with Crippen LogP contribution in [0.5, 0.6) is 0 Å². The molecule has 3 aromatic rings. The Balaban J connectivity index is 1.66. The van der Waals surface area contributed by atoms with Crippen molar-refractivity contribution in [1.82, 2.24) is 5.32 Å². The van der Waals surface area contributed by atoms with Crippen molar-refractivity contribution in [2.75, 3.05) is 19.8 Å². The van der Waals surface area contributed by atoms with Crippen molar-refractivity contribution in [1.29, 1.82) is 0 Å². The Morgan fingerprint density at radius 1 is 1.04 bits per heavy atom. The van der Waals surface area contributed by atoms with E-state index in [0.29, 0.717) is 36.7 Å². The Bertz CT molecular complexity index is 1180. The summed E-state index contributed by atoms with van der Waals surface area (Å²) in [7, 11) is -4.07. The highest BCUT2D eigenvalue weighted by Crippen LogP contribution is 2.41. The molecule has 8 heteroatoms. The first kappa shape index (κ1) is 17.8. The number of furan rings is 1. The van der Waals surface area contributed by atoms with E-state index in [0.717, 1.165) is 36.4 Å². The molecule has 1 unspecified atom stereocenters. The van der Waals surface area contributed by atoms with Crippen LogP contribution in [0.1, 0.15) is 17.7 Å². The summed E-state index contributed by atoms with van der Waals surface area (Å²) < 4.78 is 64.6. The zero-order chi connectivity index (χ0) is 19.5. The number of hydrogen-bond acceptors (Lipinski definition) is 5. The smallest absolute Gasteiger partial charge is 0.206 e. The van der Waals surface area contributed by atoms with Gasteiger partial charge in [-0.3, -0.25) is 0 Å². The predicted octanol–water partition coefficient (Wildman–Crippen LogP) is 3.31. The second kappa shape index (κ2) is 6.10. The quantitative estimate of drug-likeness (QED) is 0.709. The van der Waals surface area contributed by atoms with Crippen LogP contribution in [0.15, 0.2) is 50.6 Å². The Kier molecular flexibility index (Phi) is 3.88. The molecule has 2 aromatic carbocycles. The first-order valence-electron chi connectivity index (χ1n) is 8.99. The molecule has 146 valence electrons. The van der Waals surface area contributed by atoms with Crippen LogP contribution in [-0.4, -0.2) is 28.2 Å². The van der Waals surface area contributed by atoms with E-state index >= 15 is 0 Å². The predicted molar refractivity (Wildman–Crippen MR) is 96.8 cm³/mol. The lowest BCUT2D eigenvalue weighted by molar-refractivity contribution is 0.153. The van der Waals surface area contributed by atoms with Gasteiger partial charge < -0.3 is 14.5 Å². The number of fused-ring (bicyclic) bond motifs is 4. The third-order valence-corrected chi connectivity index (χ3v) is 7.24. The van der Waals surface area contributed by atoms with Gasteiger partial charge in [0.2, 0.25) is 9.84 Å². The normalized spacial score (nSPS) is 22.1. The molecule has 2 aliphatic heterocycles. The van der Waals surface area contributed by atoms with Crippen LogP contribution in [0.2, 0.25) is 0 Å². The highest BCUT2D eigenvalue weighted by molar-refractivity contribution is 7.91. The molecule has 5 nitrogen and oxygen atoms in total. The average molecular weight is 405 g/mol. The number of halogens is 2. The number of nitrogens with one attached hydrogen (secondary N) is 1. The monoisotopic (exact) mass is 405 g/mol. The van der Waals surface area contributed by atoms with E-state index in [4.69, 9.17) is 9.15 Å². The fourth-order valence-corrected chi connectivity index (χ4v) is 5.47. The Morgan fingerprint density at radius 2 is 1.82 bits per heavy atom. The van der Waals surface area contributed by atoms with Gasteiger partial charge in [-0.15, -0.1) is 0 Å². The van der Waals surface area contributed by atoms with Gasteiger partial charge in [-0.1, -0.05) is 0 Å². The summed E-state index contributed by atoms with van der Waals surface area (Å²) in [5, 5.41) is 4.18. The minimum absolute atomic E-state index is 0.0242. The molecular formula is C20H17F2NO4S. The van der Waals surface area contributed by atoms with Crippen molar-refractivity contribution in [2.45, 2.75) is 28.2 Å². The average Bonchev–Trinajstić information content (AvgIpc) is 3.27. The second-order valence-corrected chi connectivity index (χ2v) is 9.19. The van der Waals surface area contributed by atoms with E-state index in [9.17, 15) is 17.2 Å². The van der Waals surface area contributed by atoms with Crippen LogP contribution < -0.4 is 5.32 Å². The zero-order valence-corrected chi connectivity index (χ0v) is 15.6. The third kappa shape index (κ3) is 2.59. The van der Waals surface area contributed by atoms with Gasteiger partial charge in [-0.2, -0.15) is 0 Å². The van der Waals surface area contributed by atoms with Gasteiger partial charge in [0.15, 0.2) is 0 Å². The van der Waals surface area contributed by atoms with Crippen molar-refractivity contribution in [3.8, 4) is 0 Å². The van der Waals surface area contributed by atoms with Crippen molar-refractivity contribution >= 4 is 20.8 Å². The van der Waals surface area contributed by atoms with Gasteiger partial charge in [0.1, 0.15) is 28.5 Å². The summed E-state index contributed by atoms with van der Waals surface area (Å²) in [6.07, 6.45) is 1.48. The summed E-state index contributed by atoms with van der Waals surface area (Å²) in [6, 6.07) is 6.82. The number of benzene rings is 2. The molecule has 3 heterocycles. The number of hydrogen-bond donors (Lipinski definition) is 1. The SMILES string of the molecule is O=S(=O)(c1cc(F)cc(F)c1)c1ccc2oc3c(c2c1)CCNC31CCOC1. The summed E-state index contributed by atoms with van der Waals surface area (Å²) >= 11 is 0. The van der Waals surface area contributed by atoms with Gasteiger partial charge in [-0.05, 0) is 43.2 Å². The van der Waals surface area contributed by atoms with E-state index in [2.05, 4.69) is 5.32 Å². The lowest BCUT2D eigenvalue weighted by Gasteiger charge is -2.31. The van der Waals surface area contributed by atoms with Gasteiger partial charge in [0, 0.05) is 30.2 Å². The molecule has 28 heavy (non-hydrogen) atoms. The maximum Gasteiger partial charge on any atom is 0.206 e. The van der Waals surface area contributed by atoms with Gasteiger partial charge in [-0.25, -0.2) is 17.2 Å². The van der Waals surface area contributed by atoms with E-state index in [1.165, 1.54) is 12.1 Å². The number of ether oxygens (including phenoxy) is 1. The number of sulfone groups is 1. The largest absolute Gasteiger partial charge is 0.459 e. The molecule has 5 rings (SSSR count). The Labute approximate surface area is 160 Å². The fourth-order valence-electron chi connectivity index (χ4n) is 4.14. The maximum atomic E-state index is 13.5. The third-order valence-electron chi connectivity index (χ3n) is 5.51. The van der Waals surface area contributed by atoms with Crippen molar-refractivity contribution < 1.29 is 26.4 Å². The molecule has 0 radical (unpaired) electrons. The molecule has 0 aliphatic carbocycles. The standard InChI is InChI=1S/C20H17F2NO4S/c21-12-7-13(22)9-15(8-12)28(24,25)14-1-2-18-17(10-14)16-3-5-23-20(19(16)27-18)4-6-26-11-20/h1-2,7-10,23H,3-6,11H2. The molecule has 0 amide bonds. The summed E-state index contributed by atoms with van der Waals surface area (Å²) in [4.78, 5) is -0.437. The lowest BCUT2D eigenvalue weighted by Crippen LogP contribution is -2.47. The molecule has 2 aliphatic rings. The summed E-state index contributed by atoms with van der Waals surface area (Å²) in [5.41, 5.74) is 1.17. The molecule has 1 spiro atoms. The molecule has 0 saturated carbocycles. The highest BCUT2D eigenvalue weighted by Gasteiger charge is 2.44. The zero-order valence-electron chi connectivity index (χ0n) is 14.8. The van der Waals surface area contributed by atoms with E-state index < -0.39 is 26.4 Å². The number of rotatable bonds is 2. The van der Waals surface area contributed by atoms with Crippen molar-refractivity contribution in [3.63, 3.8) is 0 Å². The van der Waals surface area contributed by atoms with Crippen molar-refractivity contribution in [3.05, 3.63) is 59.4 Å². The van der Waals surface area contributed by atoms with Crippen LogP contribution in [-0.2, 0) is 26.5 Å². The summed E-state index contributed by atoms with van der Waals surface area (Å²) in [6.45, 7) is 1.87. The van der Waals surface area contributed by atoms with Gasteiger partial charge in [0.25, 0.3) is 0 Å². The van der Waals surface area contributed by atoms with Crippen LogP contribution in [0.4, 0.5) is 8.78 Å². The first-order valence-corrected chi connectivity index (χ1v) is 10.5. The molecule has 1 saturated heterocycles. The van der Waals surface area contributed by atoms with Gasteiger partial charge >= 0.3 is 0 Å². The van der Waals surface area contributed by atoms with Crippen LogP contribution in [0, 0.1) is 11.6 Å². The molecular weight excluding hydrogens is 388 g/mol. The fraction of sp³-hybridized carbons (Fsp3) is 0.300. The van der Waals surface area contributed by atoms with Crippen LogP contribution in [0.3, 0.4) is 0 Å². The molecule has 1 aromatic heterocycles. The molecule has 1 fully saturated rings. The van der Waals surface area contributed by atoms with E-state index in [1.54, 1.807) is 6.07 Å². The molecule has 1 atom stereocenters. The first-order chi connectivity index (χ1) is 13.4. The van der Waals surface area contributed by atoms with E-state index in [-0.39, 0.29) is 10.4 Å².